The second-order valence-corrected chi connectivity index (χ2v) is 3.47. The molecular formula is C11H10ClNO3. The number of ether oxygens (including phenoxy) is 2. The van der Waals surface area contributed by atoms with Gasteiger partial charge in [0.1, 0.15) is 11.8 Å². The molecule has 1 rings (SSSR count). The maximum Gasteiger partial charge on any atom is 0.346 e. The molecule has 0 heterocycles. The van der Waals surface area contributed by atoms with E-state index in [0.717, 1.165) is 0 Å². The second-order valence-electron chi connectivity index (χ2n) is 3.04. The molecule has 0 fully saturated rings. The SMILES string of the molecule is COC(=O)C(C)Oc1cc(Cl)ccc1C#N. The topological polar surface area (TPSA) is 59.3 Å². The van der Waals surface area contributed by atoms with Crippen LogP contribution in [0, 0.1) is 11.3 Å². The number of esters is 1. The van der Waals surface area contributed by atoms with E-state index in [0.29, 0.717) is 10.6 Å². The van der Waals surface area contributed by atoms with Crippen molar-refractivity contribution in [2.24, 2.45) is 0 Å². The summed E-state index contributed by atoms with van der Waals surface area (Å²) in [6, 6.07) is 6.54. The van der Waals surface area contributed by atoms with Crippen LogP contribution in [0.15, 0.2) is 18.2 Å². The molecule has 1 aromatic carbocycles. The molecule has 0 N–H and O–H groups in total. The van der Waals surface area contributed by atoms with Crippen molar-refractivity contribution in [2.45, 2.75) is 13.0 Å². The van der Waals surface area contributed by atoms with Crippen LogP contribution in [0.5, 0.6) is 5.75 Å². The minimum absolute atomic E-state index is 0.271. The number of hydrogen-bond acceptors (Lipinski definition) is 4. The largest absolute Gasteiger partial charge is 0.478 e. The van der Waals surface area contributed by atoms with Gasteiger partial charge in [-0.05, 0) is 19.1 Å². The molecule has 1 unspecified atom stereocenters. The summed E-state index contributed by atoms with van der Waals surface area (Å²) in [5.74, 6) is -0.239. The van der Waals surface area contributed by atoms with Crippen LogP contribution in [0.1, 0.15) is 12.5 Å². The van der Waals surface area contributed by atoms with Gasteiger partial charge in [0.05, 0.1) is 12.7 Å². The summed E-state index contributed by atoms with van der Waals surface area (Å²) >= 11 is 5.77. The molecule has 0 saturated carbocycles. The van der Waals surface area contributed by atoms with Crippen LogP contribution in [0.3, 0.4) is 0 Å². The van der Waals surface area contributed by atoms with Gasteiger partial charge in [0.25, 0.3) is 0 Å². The lowest BCUT2D eigenvalue weighted by Crippen LogP contribution is -2.25. The zero-order chi connectivity index (χ0) is 12.1. The molecule has 0 aliphatic rings. The average molecular weight is 240 g/mol. The number of methoxy groups -OCH3 is 1. The number of nitrogens with zero attached hydrogens (tertiary/aromatic N) is 1. The van der Waals surface area contributed by atoms with Gasteiger partial charge in [-0.2, -0.15) is 5.26 Å². The highest BCUT2D eigenvalue weighted by Crippen LogP contribution is 2.23. The van der Waals surface area contributed by atoms with Crippen LogP contribution in [0.4, 0.5) is 0 Å². The van der Waals surface area contributed by atoms with Gasteiger partial charge in [0.15, 0.2) is 6.10 Å². The Morgan fingerprint density at radius 2 is 2.25 bits per heavy atom. The van der Waals surface area contributed by atoms with Gasteiger partial charge in [0.2, 0.25) is 0 Å². The van der Waals surface area contributed by atoms with Gasteiger partial charge >= 0.3 is 5.97 Å². The second kappa shape index (κ2) is 5.38. The van der Waals surface area contributed by atoms with E-state index in [-0.39, 0.29) is 5.75 Å². The maximum atomic E-state index is 11.1. The van der Waals surface area contributed by atoms with Crippen LogP contribution < -0.4 is 4.74 Å². The molecule has 1 aromatic rings. The first-order valence-electron chi connectivity index (χ1n) is 4.52. The zero-order valence-electron chi connectivity index (χ0n) is 8.86. The fraction of sp³-hybridized carbons (Fsp3) is 0.273. The van der Waals surface area contributed by atoms with Crippen LogP contribution >= 0.6 is 11.6 Å². The third-order valence-electron chi connectivity index (χ3n) is 1.90. The monoisotopic (exact) mass is 239 g/mol. The number of carbonyl (C=O) groups is 1. The predicted octanol–water partition coefficient (Wildman–Crippen LogP) is 2.15. The molecular weight excluding hydrogens is 230 g/mol. The Hall–Kier alpha value is -1.73. The smallest absolute Gasteiger partial charge is 0.346 e. The molecule has 0 aromatic heterocycles. The van der Waals surface area contributed by atoms with Crippen molar-refractivity contribution < 1.29 is 14.3 Å². The van der Waals surface area contributed by atoms with E-state index in [1.807, 2.05) is 6.07 Å². The van der Waals surface area contributed by atoms with Gasteiger partial charge in [-0.25, -0.2) is 4.79 Å². The van der Waals surface area contributed by atoms with Crippen LogP contribution in [0.2, 0.25) is 5.02 Å². The Bertz CT molecular complexity index is 439. The lowest BCUT2D eigenvalue weighted by atomic mass is 10.2. The van der Waals surface area contributed by atoms with Gasteiger partial charge in [-0.15, -0.1) is 0 Å². The predicted molar refractivity (Wildman–Crippen MR) is 58.3 cm³/mol. The number of halogens is 1. The number of benzene rings is 1. The molecule has 0 aliphatic heterocycles. The Balaban J connectivity index is 2.92. The van der Waals surface area contributed by atoms with Crippen molar-refractivity contribution in [2.75, 3.05) is 7.11 Å². The maximum absolute atomic E-state index is 11.1. The van der Waals surface area contributed by atoms with E-state index in [1.54, 1.807) is 6.07 Å². The van der Waals surface area contributed by atoms with Crippen molar-refractivity contribution in [3.63, 3.8) is 0 Å². The minimum atomic E-state index is -0.782. The Morgan fingerprint density at radius 1 is 1.56 bits per heavy atom. The average Bonchev–Trinajstić information content (AvgIpc) is 2.28. The van der Waals surface area contributed by atoms with Crippen molar-refractivity contribution in [3.05, 3.63) is 28.8 Å². The summed E-state index contributed by atoms with van der Waals surface area (Å²) in [6.45, 7) is 1.54. The van der Waals surface area contributed by atoms with Gasteiger partial charge in [-0.3, -0.25) is 0 Å². The fourth-order valence-electron chi connectivity index (χ4n) is 1.09. The van der Waals surface area contributed by atoms with Crippen molar-refractivity contribution in [1.82, 2.24) is 0 Å². The summed E-state index contributed by atoms with van der Waals surface area (Å²) in [7, 11) is 1.27. The molecule has 84 valence electrons. The zero-order valence-corrected chi connectivity index (χ0v) is 9.62. The van der Waals surface area contributed by atoms with E-state index < -0.39 is 12.1 Å². The Kier molecular flexibility index (Phi) is 4.15. The number of nitriles is 1. The lowest BCUT2D eigenvalue weighted by molar-refractivity contribution is -0.147. The van der Waals surface area contributed by atoms with E-state index >= 15 is 0 Å². The van der Waals surface area contributed by atoms with Crippen molar-refractivity contribution in [1.29, 1.82) is 5.26 Å². The van der Waals surface area contributed by atoms with E-state index in [1.165, 1.54) is 26.2 Å². The lowest BCUT2D eigenvalue weighted by Gasteiger charge is -2.13. The van der Waals surface area contributed by atoms with Gasteiger partial charge < -0.3 is 9.47 Å². The van der Waals surface area contributed by atoms with Gasteiger partial charge in [0, 0.05) is 11.1 Å². The molecule has 0 aliphatic carbocycles. The number of rotatable bonds is 3. The van der Waals surface area contributed by atoms with E-state index in [4.69, 9.17) is 21.6 Å². The molecule has 0 amide bonds. The van der Waals surface area contributed by atoms with E-state index in [2.05, 4.69) is 4.74 Å². The first-order chi connectivity index (χ1) is 7.58. The third kappa shape index (κ3) is 2.88. The molecule has 0 saturated heterocycles. The highest BCUT2D eigenvalue weighted by Gasteiger charge is 2.16. The normalized spacial score (nSPS) is 11.4. The van der Waals surface area contributed by atoms with Crippen molar-refractivity contribution >= 4 is 17.6 Å². The first kappa shape index (κ1) is 12.3. The minimum Gasteiger partial charge on any atom is -0.478 e. The molecule has 1 atom stereocenters. The summed E-state index contributed by atoms with van der Waals surface area (Å²) in [5.41, 5.74) is 0.320. The summed E-state index contributed by atoms with van der Waals surface area (Å²) in [4.78, 5) is 11.1. The summed E-state index contributed by atoms with van der Waals surface area (Å²) in [5, 5.41) is 9.26. The molecule has 0 bridgehead atoms. The third-order valence-corrected chi connectivity index (χ3v) is 2.14. The van der Waals surface area contributed by atoms with Crippen LogP contribution in [0.25, 0.3) is 0 Å². The molecule has 5 heteroatoms. The molecule has 16 heavy (non-hydrogen) atoms. The molecule has 4 nitrogen and oxygen atoms in total. The molecule has 0 radical (unpaired) electrons. The van der Waals surface area contributed by atoms with Crippen molar-refractivity contribution in [3.8, 4) is 11.8 Å². The Morgan fingerprint density at radius 3 is 2.81 bits per heavy atom. The van der Waals surface area contributed by atoms with E-state index in [9.17, 15) is 4.79 Å². The highest BCUT2D eigenvalue weighted by atomic mass is 35.5. The van der Waals surface area contributed by atoms with Crippen LogP contribution in [-0.4, -0.2) is 19.2 Å². The fourth-order valence-corrected chi connectivity index (χ4v) is 1.25. The highest BCUT2D eigenvalue weighted by molar-refractivity contribution is 6.30. The number of hydrogen-bond donors (Lipinski definition) is 0. The summed E-state index contributed by atoms with van der Waals surface area (Å²) in [6.07, 6.45) is -0.782. The van der Waals surface area contributed by atoms with Gasteiger partial charge in [-0.1, -0.05) is 11.6 Å². The number of carbonyl (C=O) groups excluding carboxylic acids is 1. The standard InChI is InChI=1S/C11H10ClNO3/c1-7(11(14)15-2)16-10-5-9(12)4-3-8(10)6-13/h3-5,7H,1-2H3. The molecule has 0 spiro atoms. The summed E-state index contributed by atoms with van der Waals surface area (Å²) < 4.78 is 9.80. The first-order valence-corrected chi connectivity index (χ1v) is 4.90. The quantitative estimate of drug-likeness (QED) is 0.759. The Labute approximate surface area is 98.3 Å². The van der Waals surface area contributed by atoms with Crippen LogP contribution in [-0.2, 0) is 9.53 Å².